The number of nitrogens with zero attached hydrogens (tertiary/aromatic N) is 3. The Morgan fingerprint density at radius 3 is 2.86 bits per heavy atom. The molecule has 0 saturated carbocycles. The molecule has 0 N–H and O–H groups in total. The van der Waals surface area contributed by atoms with Crippen LogP contribution >= 0.6 is 15.9 Å². The van der Waals surface area contributed by atoms with E-state index in [-0.39, 0.29) is 12.5 Å². The van der Waals surface area contributed by atoms with Gasteiger partial charge in [-0.25, -0.2) is 0 Å². The zero-order valence-corrected chi connectivity index (χ0v) is 13.9. The van der Waals surface area contributed by atoms with Gasteiger partial charge in [-0.05, 0) is 40.5 Å². The Morgan fingerprint density at radius 2 is 2.24 bits per heavy atom. The van der Waals surface area contributed by atoms with E-state index in [0.29, 0.717) is 12.3 Å². The summed E-state index contributed by atoms with van der Waals surface area (Å²) in [6, 6.07) is 5.76. The lowest BCUT2D eigenvalue weighted by Gasteiger charge is -2.17. The summed E-state index contributed by atoms with van der Waals surface area (Å²) in [4.78, 5) is 13.7. The van der Waals surface area contributed by atoms with Crippen molar-refractivity contribution >= 4 is 21.8 Å². The highest BCUT2D eigenvalue weighted by molar-refractivity contribution is 9.10. The fraction of sp³-hybridized carbons (Fsp3) is 0.333. The van der Waals surface area contributed by atoms with Crippen LogP contribution in [0.25, 0.3) is 0 Å². The Labute approximate surface area is 132 Å². The molecule has 0 fully saturated rings. The van der Waals surface area contributed by atoms with Gasteiger partial charge in [0, 0.05) is 32.4 Å². The Kier molecular flexibility index (Phi) is 5.01. The SMILES string of the molecule is Cc1ccc(OCC(=O)N(C)Cc2cnn(C)c2)c(Br)c1. The van der Waals surface area contributed by atoms with Gasteiger partial charge in [0.05, 0.1) is 10.7 Å². The minimum atomic E-state index is -0.0775. The summed E-state index contributed by atoms with van der Waals surface area (Å²) in [6.07, 6.45) is 3.64. The first-order valence-corrected chi connectivity index (χ1v) is 7.35. The zero-order chi connectivity index (χ0) is 15.4. The maximum absolute atomic E-state index is 12.1. The molecule has 1 amide bonds. The number of rotatable bonds is 5. The summed E-state index contributed by atoms with van der Waals surface area (Å²) in [5.74, 6) is 0.593. The van der Waals surface area contributed by atoms with Gasteiger partial charge in [0.2, 0.25) is 0 Å². The predicted molar refractivity (Wildman–Crippen MR) is 84.1 cm³/mol. The van der Waals surface area contributed by atoms with Gasteiger partial charge in [0.15, 0.2) is 6.61 Å². The number of carbonyl (C=O) groups is 1. The predicted octanol–water partition coefficient (Wildman–Crippen LogP) is 2.53. The van der Waals surface area contributed by atoms with Crippen molar-refractivity contribution in [3.8, 4) is 5.75 Å². The molecule has 0 spiro atoms. The summed E-state index contributed by atoms with van der Waals surface area (Å²) < 4.78 is 8.13. The third-order valence-electron chi connectivity index (χ3n) is 3.04. The number of hydrogen-bond acceptors (Lipinski definition) is 3. The standard InChI is InChI=1S/C15H18BrN3O2/c1-11-4-5-14(13(16)6-11)21-10-15(20)18(2)8-12-7-17-19(3)9-12/h4-7,9H,8,10H2,1-3H3. The molecule has 2 rings (SSSR count). The van der Waals surface area contributed by atoms with Gasteiger partial charge in [0.25, 0.3) is 5.91 Å². The van der Waals surface area contributed by atoms with Gasteiger partial charge in [-0.15, -0.1) is 0 Å². The second-order valence-corrected chi connectivity index (χ2v) is 5.85. The molecule has 0 aliphatic heterocycles. The van der Waals surface area contributed by atoms with Crippen LogP contribution in [0.1, 0.15) is 11.1 Å². The maximum Gasteiger partial charge on any atom is 0.260 e. The van der Waals surface area contributed by atoms with Crippen molar-refractivity contribution in [3.63, 3.8) is 0 Å². The minimum absolute atomic E-state index is 0.0123. The van der Waals surface area contributed by atoms with Crippen LogP contribution in [0.15, 0.2) is 35.1 Å². The van der Waals surface area contributed by atoms with E-state index in [1.54, 1.807) is 22.8 Å². The Balaban J connectivity index is 1.89. The molecule has 0 aliphatic rings. The lowest BCUT2D eigenvalue weighted by atomic mass is 10.2. The Hall–Kier alpha value is -1.82. The first-order chi connectivity index (χ1) is 9.95. The van der Waals surface area contributed by atoms with Crippen molar-refractivity contribution in [1.82, 2.24) is 14.7 Å². The molecule has 21 heavy (non-hydrogen) atoms. The number of hydrogen-bond donors (Lipinski definition) is 0. The van der Waals surface area contributed by atoms with Gasteiger partial charge in [-0.3, -0.25) is 9.48 Å². The average Bonchev–Trinajstić information content (AvgIpc) is 2.82. The highest BCUT2D eigenvalue weighted by Crippen LogP contribution is 2.25. The second kappa shape index (κ2) is 6.76. The van der Waals surface area contributed by atoms with E-state index < -0.39 is 0 Å². The fourth-order valence-corrected chi connectivity index (χ4v) is 2.50. The number of halogens is 1. The number of amides is 1. The number of likely N-dealkylation sites (N-methyl/N-ethyl adjacent to an activating group) is 1. The number of ether oxygens (including phenoxy) is 1. The van der Waals surface area contributed by atoms with E-state index in [0.717, 1.165) is 15.6 Å². The molecule has 0 aliphatic carbocycles. The molecule has 1 aromatic heterocycles. The van der Waals surface area contributed by atoms with Gasteiger partial charge in [-0.2, -0.15) is 5.10 Å². The minimum Gasteiger partial charge on any atom is -0.483 e. The monoisotopic (exact) mass is 351 g/mol. The summed E-state index contributed by atoms with van der Waals surface area (Å²) in [5.41, 5.74) is 2.12. The van der Waals surface area contributed by atoms with Crippen LogP contribution in [0.5, 0.6) is 5.75 Å². The Morgan fingerprint density at radius 1 is 1.48 bits per heavy atom. The van der Waals surface area contributed by atoms with Gasteiger partial charge in [-0.1, -0.05) is 6.07 Å². The number of aromatic nitrogens is 2. The molecule has 0 atom stereocenters. The van der Waals surface area contributed by atoms with Crippen molar-refractivity contribution in [2.24, 2.45) is 7.05 Å². The van der Waals surface area contributed by atoms with Crippen LogP contribution in [0, 0.1) is 6.92 Å². The first kappa shape index (κ1) is 15.6. The largest absolute Gasteiger partial charge is 0.483 e. The van der Waals surface area contributed by atoms with E-state index >= 15 is 0 Å². The van der Waals surface area contributed by atoms with Crippen LogP contribution in [0.2, 0.25) is 0 Å². The molecule has 6 heteroatoms. The normalized spacial score (nSPS) is 10.5. The number of benzene rings is 1. The van der Waals surface area contributed by atoms with Crippen LogP contribution < -0.4 is 4.74 Å². The summed E-state index contributed by atoms with van der Waals surface area (Å²) in [5, 5.41) is 4.08. The maximum atomic E-state index is 12.1. The van der Waals surface area contributed by atoms with Gasteiger partial charge < -0.3 is 9.64 Å². The summed E-state index contributed by atoms with van der Waals surface area (Å²) in [7, 11) is 3.60. The van der Waals surface area contributed by atoms with E-state index in [1.165, 1.54) is 0 Å². The zero-order valence-electron chi connectivity index (χ0n) is 12.3. The summed E-state index contributed by atoms with van der Waals surface area (Å²) >= 11 is 3.43. The average molecular weight is 352 g/mol. The molecule has 1 heterocycles. The van der Waals surface area contributed by atoms with Crippen LogP contribution in [0.3, 0.4) is 0 Å². The van der Waals surface area contributed by atoms with Crippen molar-refractivity contribution in [3.05, 3.63) is 46.2 Å². The quantitative estimate of drug-likeness (QED) is 0.831. The molecule has 112 valence electrons. The fourth-order valence-electron chi connectivity index (χ4n) is 1.89. The second-order valence-electron chi connectivity index (χ2n) is 4.99. The van der Waals surface area contributed by atoms with Gasteiger partial charge in [0.1, 0.15) is 5.75 Å². The van der Waals surface area contributed by atoms with Crippen molar-refractivity contribution < 1.29 is 9.53 Å². The van der Waals surface area contributed by atoms with E-state index in [9.17, 15) is 4.79 Å². The number of carbonyl (C=O) groups excluding carboxylic acids is 1. The third kappa shape index (κ3) is 4.32. The number of aryl methyl sites for hydroxylation is 2. The van der Waals surface area contributed by atoms with Crippen molar-refractivity contribution in [1.29, 1.82) is 0 Å². The smallest absolute Gasteiger partial charge is 0.260 e. The topological polar surface area (TPSA) is 47.4 Å². The molecule has 2 aromatic rings. The highest BCUT2D eigenvalue weighted by Gasteiger charge is 2.12. The third-order valence-corrected chi connectivity index (χ3v) is 3.66. The van der Waals surface area contributed by atoms with Crippen LogP contribution in [-0.4, -0.2) is 34.2 Å². The highest BCUT2D eigenvalue weighted by atomic mass is 79.9. The molecule has 0 unspecified atom stereocenters. The molecule has 0 bridgehead atoms. The van der Waals surface area contributed by atoms with E-state index in [1.807, 2.05) is 38.4 Å². The molecular weight excluding hydrogens is 334 g/mol. The van der Waals surface area contributed by atoms with Crippen LogP contribution in [-0.2, 0) is 18.4 Å². The molecular formula is C15H18BrN3O2. The van der Waals surface area contributed by atoms with Crippen LogP contribution in [0.4, 0.5) is 0 Å². The molecule has 1 aromatic carbocycles. The molecule has 0 radical (unpaired) electrons. The lowest BCUT2D eigenvalue weighted by Crippen LogP contribution is -2.30. The lowest BCUT2D eigenvalue weighted by molar-refractivity contribution is -0.132. The van der Waals surface area contributed by atoms with Gasteiger partial charge >= 0.3 is 0 Å². The van der Waals surface area contributed by atoms with Crippen molar-refractivity contribution in [2.45, 2.75) is 13.5 Å². The summed E-state index contributed by atoms with van der Waals surface area (Å²) in [6.45, 7) is 2.53. The Bertz CT molecular complexity index is 640. The van der Waals surface area contributed by atoms with E-state index in [2.05, 4.69) is 21.0 Å². The molecule has 5 nitrogen and oxygen atoms in total. The van der Waals surface area contributed by atoms with Crippen molar-refractivity contribution in [2.75, 3.05) is 13.7 Å². The molecule has 0 saturated heterocycles. The first-order valence-electron chi connectivity index (χ1n) is 6.56. The van der Waals surface area contributed by atoms with E-state index in [4.69, 9.17) is 4.74 Å².